The summed E-state index contributed by atoms with van der Waals surface area (Å²) in [7, 11) is 0. The van der Waals surface area contributed by atoms with Crippen LogP contribution in [0.4, 0.5) is 0 Å². The predicted molar refractivity (Wildman–Crippen MR) is 72.3 cm³/mol. The molecule has 0 unspecified atom stereocenters. The number of terminal acetylenes is 1. The molecule has 0 N–H and O–H groups in total. The van der Waals surface area contributed by atoms with Gasteiger partial charge in [-0.1, -0.05) is 0 Å². The summed E-state index contributed by atoms with van der Waals surface area (Å²) in [5, 5.41) is 8.10. The molecule has 98 valence electrons. The fraction of sp³-hybridized carbons (Fsp3) is 0.400. The fourth-order valence-electron chi connectivity index (χ4n) is 1.87. The SMILES string of the molecule is C#CCCC1(CCOc2ccc(C=O)c(C)c2)N=N1. The van der Waals surface area contributed by atoms with Gasteiger partial charge in [-0.25, -0.2) is 0 Å². The van der Waals surface area contributed by atoms with E-state index < -0.39 is 0 Å². The lowest BCUT2D eigenvalue weighted by Crippen LogP contribution is -2.15. The number of nitrogens with zero attached hydrogens (tertiary/aromatic N) is 2. The van der Waals surface area contributed by atoms with Crippen LogP contribution in [0, 0.1) is 19.3 Å². The van der Waals surface area contributed by atoms with Gasteiger partial charge in [0, 0.05) is 24.8 Å². The number of hydrogen-bond donors (Lipinski definition) is 0. The lowest BCUT2D eigenvalue weighted by molar-refractivity contribution is 0.112. The number of aldehydes is 1. The number of rotatable bonds is 7. The van der Waals surface area contributed by atoms with Crippen LogP contribution in [0.2, 0.25) is 0 Å². The molecule has 4 nitrogen and oxygen atoms in total. The molecule has 0 saturated heterocycles. The zero-order valence-electron chi connectivity index (χ0n) is 10.9. The van der Waals surface area contributed by atoms with Crippen LogP contribution in [-0.2, 0) is 0 Å². The molecule has 0 bridgehead atoms. The lowest BCUT2D eigenvalue weighted by Gasteiger charge is -2.11. The van der Waals surface area contributed by atoms with E-state index in [1.165, 1.54) is 0 Å². The first-order chi connectivity index (χ1) is 9.19. The highest BCUT2D eigenvalue weighted by Crippen LogP contribution is 2.36. The maximum atomic E-state index is 10.7. The summed E-state index contributed by atoms with van der Waals surface area (Å²) < 4.78 is 5.65. The van der Waals surface area contributed by atoms with E-state index in [1.54, 1.807) is 12.1 Å². The van der Waals surface area contributed by atoms with Gasteiger partial charge in [-0.2, -0.15) is 10.2 Å². The summed E-state index contributed by atoms with van der Waals surface area (Å²) in [6.07, 6.45) is 8.28. The number of carbonyl (C=O) groups is 1. The zero-order chi connectivity index (χ0) is 13.7. The second-order valence-corrected chi connectivity index (χ2v) is 4.62. The van der Waals surface area contributed by atoms with Crippen LogP contribution in [0.1, 0.15) is 35.2 Å². The molecule has 1 aliphatic rings. The van der Waals surface area contributed by atoms with E-state index in [4.69, 9.17) is 11.2 Å². The molecule has 1 aromatic rings. The molecular formula is C15H16N2O2. The van der Waals surface area contributed by atoms with Crippen molar-refractivity contribution in [3.63, 3.8) is 0 Å². The topological polar surface area (TPSA) is 51.0 Å². The minimum Gasteiger partial charge on any atom is -0.493 e. The Kier molecular flexibility index (Phi) is 3.96. The monoisotopic (exact) mass is 256 g/mol. The van der Waals surface area contributed by atoms with E-state index in [0.717, 1.165) is 30.4 Å². The van der Waals surface area contributed by atoms with Gasteiger partial charge < -0.3 is 4.74 Å². The van der Waals surface area contributed by atoms with Crippen molar-refractivity contribution in [3.05, 3.63) is 29.3 Å². The Bertz CT molecular complexity index is 538. The highest BCUT2D eigenvalue weighted by molar-refractivity contribution is 5.77. The molecule has 0 radical (unpaired) electrons. The maximum Gasteiger partial charge on any atom is 0.195 e. The third kappa shape index (κ3) is 3.41. The number of aryl methyl sites for hydroxylation is 1. The minimum absolute atomic E-state index is 0.301. The summed E-state index contributed by atoms with van der Waals surface area (Å²) in [4.78, 5) is 10.7. The van der Waals surface area contributed by atoms with Gasteiger partial charge in [0.25, 0.3) is 0 Å². The van der Waals surface area contributed by atoms with Crippen molar-refractivity contribution in [2.45, 2.75) is 31.8 Å². The molecular weight excluding hydrogens is 240 g/mol. The Labute approximate surface area is 112 Å². The lowest BCUT2D eigenvalue weighted by atomic mass is 10.1. The van der Waals surface area contributed by atoms with E-state index in [0.29, 0.717) is 18.6 Å². The summed E-state index contributed by atoms with van der Waals surface area (Å²) in [6, 6.07) is 5.42. The second kappa shape index (κ2) is 5.66. The summed E-state index contributed by atoms with van der Waals surface area (Å²) in [5.74, 6) is 3.36. The van der Waals surface area contributed by atoms with E-state index >= 15 is 0 Å². The van der Waals surface area contributed by atoms with Crippen LogP contribution in [0.15, 0.2) is 28.4 Å². The number of hydrogen-bond acceptors (Lipinski definition) is 4. The van der Waals surface area contributed by atoms with Gasteiger partial charge in [-0.15, -0.1) is 12.3 Å². The quantitative estimate of drug-likeness (QED) is 0.556. The van der Waals surface area contributed by atoms with Crippen LogP contribution < -0.4 is 4.74 Å². The van der Waals surface area contributed by atoms with Crippen LogP contribution in [-0.4, -0.2) is 18.6 Å². The average molecular weight is 256 g/mol. The Morgan fingerprint density at radius 1 is 1.42 bits per heavy atom. The Morgan fingerprint density at radius 2 is 2.21 bits per heavy atom. The Balaban J connectivity index is 1.82. The van der Waals surface area contributed by atoms with E-state index in [2.05, 4.69) is 16.1 Å². The van der Waals surface area contributed by atoms with Gasteiger partial charge in [-0.05, 0) is 30.7 Å². The highest BCUT2D eigenvalue weighted by Gasteiger charge is 2.38. The van der Waals surface area contributed by atoms with Crippen molar-refractivity contribution in [1.29, 1.82) is 0 Å². The molecule has 0 aliphatic carbocycles. The van der Waals surface area contributed by atoms with Gasteiger partial charge in [0.15, 0.2) is 5.66 Å². The van der Waals surface area contributed by atoms with Crippen LogP contribution in [0.25, 0.3) is 0 Å². The second-order valence-electron chi connectivity index (χ2n) is 4.62. The first-order valence-electron chi connectivity index (χ1n) is 6.25. The highest BCUT2D eigenvalue weighted by atomic mass is 16.5. The third-order valence-corrected chi connectivity index (χ3v) is 3.19. The van der Waals surface area contributed by atoms with Gasteiger partial charge in [0.2, 0.25) is 0 Å². The standard InChI is InChI=1S/C15H16N2O2/c1-3-4-7-15(16-17-15)8-9-19-14-6-5-13(11-18)12(2)10-14/h1,5-6,10-11H,4,7-9H2,2H3. The minimum atomic E-state index is -0.301. The molecule has 1 aromatic carbocycles. The zero-order valence-corrected chi connectivity index (χ0v) is 10.9. The van der Waals surface area contributed by atoms with Crippen molar-refractivity contribution >= 4 is 6.29 Å². The molecule has 0 spiro atoms. The molecule has 0 aromatic heterocycles. The maximum absolute atomic E-state index is 10.7. The largest absolute Gasteiger partial charge is 0.493 e. The Hall–Kier alpha value is -2.15. The number of benzene rings is 1. The molecule has 19 heavy (non-hydrogen) atoms. The summed E-state index contributed by atoms with van der Waals surface area (Å²) in [6.45, 7) is 2.42. The summed E-state index contributed by atoms with van der Waals surface area (Å²) in [5.41, 5.74) is 1.30. The molecule has 1 heterocycles. The van der Waals surface area contributed by atoms with E-state index in [9.17, 15) is 4.79 Å². The Morgan fingerprint density at radius 3 is 2.79 bits per heavy atom. The first kappa shape index (κ1) is 13.3. The van der Waals surface area contributed by atoms with Crippen molar-refractivity contribution in [3.8, 4) is 18.1 Å². The van der Waals surface area contributed by atoms with Crippen molar-refractivity contribution in [2.24, 2.45) is 10.2 Å². The molecule has 2 rings (SSSR count). The van der Waals surface area contributed by atoms with Crippen molar-refractivity contribution in [1.82, 2.24) is 0 Å². The third-order valence-electron chi connectivity index (χ3n) is 3.19. The van der Waals surface area contributed by atoms with Crippen LogP contribution in [0.5, 0.6) is 5.75 Å². The molecule has 4 heteroatoms. The predicted octanol–water partition coefficient (Wildman–Crippen LogP) is 3.15. The van der Waals surface area contributed by atoms with E-state index in [1.807, 2.05) is 13.0 Å². The van der Waals surface area contributed by atoms with Crippen molar-refractivity contribution in [2.75, 3.05) is 6.61 Å². The first-order valence-corrected chi connectivity index (χ1v) is 6.25. The van der Waals surface area contributed by atoms with Crippen LogP contribution in [0.3, 0.4) is 0 Å². The molecule has 0 fully saturated rings. The molecule has 0 amide bonds. The fourth-order valence-corrected chi connectivity index (χ4v) is 1.87. The molecule has 0 atom stereocenters. The normalized spacial score (nSPS) is 14.7. The van der Waals surface area contributed by atoms with Gasteiger partial charge in [0.1, 0.15) is 12.0 Å². The molecule has 1 aliphatic heterocycles. The van der Waals surface area contributed by atoms with Gasteiger partial charge >= 0.3 is 0 Å². The molecule has 0 saturated carbocycles. The van der Waals surface area contributed by atoms with Gasteiger partial charge in [0.05, 0.1) is 6.61 Å². The van der Waals surface area contributed by atoms with Gasteiger partial charge in [-0.3, -0.25) is 4.79 Å². The van der Waals surface area contributed by atoms with E-state index in [-0.39, 0.29) is 5.66 Å². The van der Waals surface area contributed by atoms with Crippen molar-refractivity contribution < 1.29 is 9.53 Å². The summed E-state index contributed by atoms with van der Waals surface area (Å²) >= 11 is 0. The number of carbonyl (C=O) groups excluding carboxylic acids is 1. The average Bonchev–Trinajstić information content (AvgIpc) is 3.17. The smallest absolute Gasteiger partial charge is 0.195 e. The number of ether oxygens (including phenoxy) is 1. The van der Waals surface area contributed by atoms with Crippen LogP contribution >= 0.6 is 0 Å².